The van der Waals surface area contributed by atoms with Gasteiger partial charge < -0.3 is 5.32 Å². The molecule has 5 heterocycles. The second-order valence-corrected chi connectivity index (χ2v) is 7.58. The van der Waals surface area contributed by atoms with Crippen molar-refractivity contribution in [1.29, 1.82) is 5.26 Å². The number of thiophene rings is 1. The molecule has 0 unspecified atom stereocenters. The van der Waals surface area contributed by atoms with E-state index < -0.39 is 0 Å². The number of nitrogens with zero attached hydrogens (tertiary/aromatic N) is 3. The lowest BCUT2D eigenvalue weighted by molar-refractivity contribution is 0.0458. The van der Waals surface area contributed by atoms with Gasteiger partial charge in [0.15, 0.2) is 0 Å². The van der Waals surface area contributed by atoms with Gasteiger partial charge in [0, 0.05) is 12.1 Å². The highest BCUT2D eigenvalue weighted by Gasteiger charge is 2.39. The fourth-order valence-corrected chi connectivity index (χ4v) is 4.68. The topological polar surface area (TPSA) is 52.0 Å². The van der Waals surface area contributed by atoms with Crippen molar-refractivity contribution in [1.82, 2.24) is 9.88 Å². The van der Waals surface area contributed by atoms with Crippen LogP contribution in [0.25, 0.3) is 10.6 Å². The first-order valence-corrected chi connectivity index (χ1v) is 9.03. The number of hydrogen-bond donors (Lipinski definition) is 1. The molecular formula is C18H20N4S. The molecule has 2 atom stereocenters. The summed E-state index contributed by atoms with van der Waals surface area (Å²) in [4.78, 5) is 8.94. The van der Waals surface area contributed by atoms with Crippen LogP contribution in [0.4, 0.5) is 5.69 Å². The van der Waals surface area contributed by atoms with Crippen molar-refractivity contribution in [2.45, 2.75) is 31.8 Å². The van der Waals surface area contributed by atoms with Crippen molar-refractivity contribution in [2.24, 2.45) is 5.92 Å². The molecule has 2 aromatic heterocycles. The van der Waals surface area contributed by atoms with Gasteiger partial charge in [-0.1, -0.05) is 0 Å². The molecule has 0 spiro atoms. The summed E-state index contributed by atoms with van der Waals surface area (Å²) in [5.74, 6) is 0.783. The molecule has 0 saturated carbocycles. The fraction of sp³-hybridized carbons (Fsp3) is 0.444. The van der Waals surface area contributed by atoms with E-state index in [4.69, 9.17) is 5.26 Å². The third-order valence-electron chi connectivity index (χ3n) is 5.24. The van der Waals surface area contributed by atoms with Crippen molar-refractivity contribution >= 4 is 17.0 Å². The molecule has 2 aromatic rings. The monoisotopic (exact) mass is 324 g/mol. The summed E-state index contributed by atoms with van der Waals surface area (Å²) in [5, 5.41) is 12.6. The number of nitriles is 1. The zero-order valence-corrected chi connectivity index (χ0v) is 14.0. The molecule has 0 aromatic carbocycles. The minimum Gasteiger partial charge on any atom is -0.379 e. The third-order valence-corrected chi connectivity index (χ3v) is 6.26. The van der Waals surface area contributed by atoms with E-state index in [-0.39, 0.29) is 0 Å². The predicted octanol–water partition coefficient (Wildman–Crippen LogP) is 3.58. The van der Waals surface area contributed by atoms with Gasteiger partial charge in [-0.3, -0.25) is 9.88 Å². The van der Waals surface area contributed by atoms with Crippen molar-refractivity contribution in [3.8, 4) is 16.6 Å². The van der Waals surface area contributed by atoms with Crippen LogP contribution in [0.1, 0.15) is 24.6 Å². The second-order valence-electron chi connectivity index (χ2n) is 6.49. The van der Waals surface area contributed by atoms with Gasteiger partial charge in [0.25, 0.3) is 0 Å². The van der Waals surface area contributed by atoms with Crippen molar-refractivity contribution in [3.63, 3.8) is 0 Å². The SMILES string of the molecule is C[C@@H]1[C@@H](Nc2ccc(-c3ccc(C#N)s3)nc2)C2CCN1CC2. The van der Waals surface area contributed by atoms with Crippen molar-refractivity contribution in [2.75, 3.05) is 18.4 Å². The number of hydrogen-bond acceptors (Lipinski definition) is 5. The maximum absolute atomic E-state index is 8.93. The highest BCUT2D eigenvalue weighted by molar-refractivity contribution is 7.15. The first-order chi connectivity index (χ1) is 11.2. The Morgan fingerprint density at radius 1 is 1.26 bits per heavy atom. The minimum atomic E-state index is 0.525. The van der Waals surface area contributed by atoms with Gasteiger partial charge in [0.05, 0.1) is 22.5 Å². The van der Waals surface area contributed by atoms with Crippen LogP contribution in [-0.2, 0) is 0 Å². The molecule has 2 bridgehead atoms. The number of nitrogens with one attached hydrogen (secondary N) is 1. The average molecular weight is 324 g/mol. The van der Waals surface area contributed by atoms with Crippen LogP contribution >= 0.6 is 11.3 Å². The van der Waals surface area contributed by atoms with Gasteiger partial charge in [-0.15, -0.1) is 11.3 Å². The normalized spacial score (nSPS) is 29.2. The van der Waals surface area contributed by atoms with Gasteiger partial charge in [-0.25, -0.2) is 0 Å². The van der Waals surface area contributed by atoms with E-state index in [1.165, 1.54) is 37.3 Å². The van der Waals surface area contributed by atoms with Gasteiger partial charge in [0.1, 0.15) is 10.9 Å². The Hall–Kier alpha value is -1.90. The Balaban J connectivity index is 1.49. The summed E-state index contributed by atoms with van der Waals surface area (Å²) in [6.07, 6.45) is 4.53. The molecule has 23 heavy (non-hydrogen) atoms. The lowest BCUT2D eigenvalue weighted by Gasteiger charge is -2.50. The first-order valence-electron chi connectivity index (χ1n) is 8.21. The third kappa shape index (κ3) is 2.73. The molecule has 3 aliphatic heterocycles. The number of pyridine rings is 1. The quantitative estimate of drug-likeness (QED) is 0.937. The summed E-state index contributed by atoms with van der Waals surface area (Å²) in [6, 6.07) is 11.3. The summed E-state index contributed by atoms with van der Waals surface area (Å²) >= 11 is 1.49. The molecule has 0 aliphatic carbocycles. The first kappa shape index (κ1) is 14.7. The standard InChI is InChI=1S/C18H20N4S/c1-12-18(13-6-8-22(12)9-7-13)21-14-2-4-16(20-11-14)17-5-3-15(10-19)23-17/h2-5,11-13,18,21H,6-9H2,1H3/t12-,18-/m1/s1. The molecule has 0 radical (unpaired) electrons. The van der Waals surface area contributed by atoms with Gasteiger partial charge in [-0.2, -0.15) is 5.26 Å². The Kier molecular flexibility index (Phi) is 3.80. The Bertz CT molecular complexity index is 720. The van der Waals surface area contributed by atoms with E-state index >= 15 is 0 Å². The average Bonchev–Trinajstić information content (AvgIpc) is 3.08. The van der Waals surface area contributed by atoms with E-state index in [2.05, 4.69) is 34.3 Å². The number of anilines is 1. The molecule has 4 nitrogen and oxygen atoms in total. The van der Waals surface area contributed by atoms with E-state index in [0.29, 0.717) is 12.1 Å². The van der Waals surface area contributed by atoms with Crippen LogP contribution in [0.5, 0.6) is 0 Å². The van der Waals surface area contributed by atoms with E-state index in [1.807, 2.05) is 24.4 Å². The Morgan fingerprint density at radius 2 is 2.09 bits per heavy atom. The van der Waals surface area contributed by atoms with E-state index in [9.17, 15) is 0 Å². The second kappa shape index (κ2) is 5.95. The molecule has 1 N–H and O–H groups in total. The molecule has 3 saturated heterocycles. The molecule has 5 heteroatoms. The zero-order chi connectivity index (χ0) is 15.8. The number of rotatable bonds is 3. The van der Waals surface area contributed by atoms with Gasteiger partial charge >= 0.3 is 0 Å². The predicted molar refractivity (Wildman–Crippen MR) is 93.4 cm³/mol. The van der Waals surface area contributed by atoms with Crippen LogP contribution in [-0.4, -0.2) is 35.1 Å². The van der Waals surface area contributed by atoms with Crippen LogP contribution < -0.4 is 5.32 Å². The lowest BCUT2D eigenvalue weighted by atomic mass is 9.79. The smallest absolute Gasteiger partial charge is 0.110 e. The van der Waals surface area contributed by atoms with Crippen molar-refractivity contribution < 1.29 is 0 Å². The van der Waals surface area contributed by atoms with Crippen LogP contribution in [0.15, 0.2) is 30.5 Å². The largest absolute Gasteiger partial charge is 0.379 e. The lowest BCUT2D eigenvalue weighted by Crippen LogP contribution is -2.59. The van der Waals surface area contributed by atoms with Crippen LogP contribution in [0, 0.1) is 17.2 Å². The molecule has 3 aliphatic rings. The summed E-state index contributed by atoms with van der Waals surface area (Å²) in [7, 11) is 0. The fourth-order valence-electron chi connectivity index (χ4n) is 3.90. The van der Waals surface area contributed by atoms with Gasteiger partial charge in [0.2, 0.25) is 0 Å². The molecule has 5 rings (SSSR count). The molecular weight excluding hydrogens is 304 g/mol. The zero-order valence-electron chi connectivity index (χ0n) is 13.2. The summed E-state index contributed by atoms with van der Waals surface area (Å²) < 4.78 is 0. The van der Waals surface area contributed by atoms with E-state index in [0.717, 1.165) is 27.1 Å². The maximum Gasteiger partial charge on any atom is 0.110 e. The number of aromatic nitrogens is 1. The van der Waals surface area contributed by atoms with Crippen LogP contribution in [0.2, 0.25) is 0 Å². The van der Waals surface area contributed by atoms with Gasteiger partial charge in [-0.05, 0) is 63.0 Å². The minimum absolute atomic E-state index is 0.525. The van der Waals surface area contributed by atoms with Crippen LogP contribution in [0.3, 0.4) is 0 Å². The van der Waals surface area contributed by atoms with E-state index in [1.54, 1.807) is 0 Å². The molecule has 118 valence electrons. The Morgan fingerprint density at radius 3 is 2.70 bits per heavy atom. The number of piperidine rings is 3. The summed E-state index contributed by atoms with van der Waals surface area (Å²) in [5.41, 5.74) is 2.03. The number of fused-ring (bicyclic) bond motifs is 3. The van der Waals surface area contributed by atoms with Crippen molar-refractivity contribution in [3.05, 3.63) is 35.3 Å². The molecule has 3 fully saturated rings. The maximum atomic E-state index is 8.93. The highest BCUT2D eigenvalue weighted by atomic mass is 32.1. The summed E-state index contributed by atoms with van der Waals surface area (Å²) in [6.45, 7) is 4.83. The Labute approximate surface area is 140 Å². The highest BCUT2D eigenvalue weighted by Crippen LogP contribution is 2.34. The molecule has 0 amide bonds.